The Labute approximate surface area is 211 Å². The first-order chi connectivity index (χ1) is 17.2. The lowest BCUT2D eigenvalue weighted by atomic mass is 9.57. The zero-order valence-corrected chi connectivity index (χ0v) is 21.3. The van der Waals surface area contributed by atoms with Gasteiger partial charge >= 0.3 is 0 Å². The summed E-state index contributed by atoms with van der Waals surface area (Å²) < 4.78 is 0. The molecule has 0 amide bonds. The lowest BCUT2D eigenvalue weighted by molar-refractivity contribution is 0.0420. The lowest BCUT2D eigenvalue weighted by Crippen LogP contribution is -2.56. The summed E-state index contributed by atoms with van der Waals surface area (Å²) in [6.45, 7) is 15.6. The first-order valence-corrected chi connectivity index (χ1v) is 13.9. The minimum atomic E-state index is 0.358. The van der Waals surface area contributed by atoms with Crippen molar-refractivity contribution < 1.29 is 0 Å². The van der Waals surface area contributed by atoms with Crippen molar-refractivity contribution in [1.82, 2.24) is 9.80 Å². The van der Waals surface area contributed by atoms with Crippen LogP contribution in [0.2, 0.25) is 0 Å². The summed E-state index contributed by atoms with van der Waals surface area (Å²) in [6.07, 6.45) is 8.42. The molecule has 3 heterocycles. The lowest BCUT2D eigenvalue weighted by Gasteiger charge is -2.54. The number of likely N-dealkylation sites (tertiary alicyclic amines) is 1. The van der Waals surface area contributed by atoms with E-state index in [2.05, 4.69) is 63.0 Å². The molecule has 1 atom stereocenters. The van der Waals surface area contributed by atoms with Gasteiger partial charge in [-0.1, -0.05) is 49.2 Å². The van der Waals surface area contributed by atoms with Crippen molar-refractivity contribution in [3.05, 3.63) is 71.1 Å². The maximum atomic E-state index is 7.15. The Bertz CT molecular complexity index is 1050. The molecule has 6 rings (SSSR count). The molecular formula is C31H40N4. The number of hydrogen-bond donors (Lipinski definition) is 0. The number of likely N-dealkylation sites (N-methyl/N-ethyl adjacent to an activating group) is 1. The molecule has 4 nitrogen and oxygen atoms in total. The van der Waals surface area contributed by atoms with Crippen LogP contribution in [0.15, 0.2) is 48.5 Å². The van der Waals surface area contributed by atoms with E-state index in [0.717, 1.165) is 43.1 Å². The van der Waals surface area contributed by atoms with Gasteiger partial charge in [-0.25, -0.2) is 4.85 Å². The Balaban J connectivity index is 1.10. The van der Waals surface area contributed by atoms with Crippen molar-refractivity contribution >= 4 is 11.4 Å². The van der Waals surface area contributed by atoms with Gasteiger partial charge in [0, 0.05) is 49.7 Å². The molecule has 2 saturated heterocycles. The van der Waals surface area contributed by atoms with Crippen molar-refractivity contribution in [2.45, 2.75) is 50.5 Å². The number of hydrogen-bond acceptors (Lipinski definition) is 3. The molecule has 0 N–H and O–H groups in total. The molecule has 184 valence electrons. The van der Waals surface area contributed by atoms with Crippen LogP contribution in [-0.2, 0) is 12.0 Å². The third-order valence-corrected chi connectivity index (χ3v) is 9.71. The van der Waals surface area contributed by atoms with Crippen LogP contribution < -0.4 is 4.90 Å². The number of benzene rings is 2. The maximum absolute atomic E-state index is 7.15. The second-order valence-electron chi connectivity index (χ2n) is 11.8. The van der Waals surface area contributed by atoms with Crippen molar-refractivity contribution in [3.63, 3.8) is 0 Å². The highest BCUT2D eigenvalue weighted by atomic mass is 15.2. The molecule has 4 aliphatic rings. The quantitative estimate of drug-likeness (QED) is 0.503. The van der Waals surface area contributed by atoms with Gasteiger partial charge in [0.1, 0.15) is 0 Å². The molecule has 1 aliphatic carbocycles. The normalized spacial score (nSPS) is 26.9. The van der Waals surface area contributed by atoms with Crippen molar-refractivity contribution in [3.8, 4) is 0 Å². The molecule has 0 radical (unpaired) electrons. The Morgan fingerprint density at radius 3 is 2.31 bits per heavy atom. The van der Waals surface area contributed by atoms with Gasteiger partial charge in [0.25, 0.3) is 0 Å². The number of piperidine rings is 1. The summed E-state index contributed by atoms with van der Waals surface area (Å²) in [5, 5.41) is 0. The van der Waals surface area contributed by atoms with E-state index in [4.69, 9.17) is 6.57 Å². The standard InChI is InChI=1S/C31H40N4/c1-32-28-11-13-29(14-12-28)35-20-24(21-35)19-34-17-15-27(16-18-34)31(26-8-4-5-9-26)23-33(2)22-25-7-3-6-10-30(25)31/h3,6-7,10-14,24,26-27H,4-5,8-9,15-23H2,2H3. The number of rotatable bonds is 5. The molecule has 2 aromatic rings. The molecule has 3 aliphatic heterocycles. The van der Waals surface area contributed by atoms with E-state index in [1.54, 1.807) is 11.1 Å². The maximum Gasteiger partial charge on any atom is 0.187 e. The summed E-state index contributed by atoms with van der Waals surface area (Å²) in [4.78, 5) is 11.4. The highest BCUT2D eigenvalue weighted by molar-refractivity contribution is 5.56. The van der Waals surface area contributed by atoms with Gasteiger partial charge in [-0.2, -0.15) is 0 Å². The molecule has 3 fully saturated rings. The predicted octanol–water partition coefficient (Wildman–Crippen LogP) is 5.96. The number of anilines is 1. The predicted molar refractivity (Wildman–Crippen MR) is 144 cm³/mol. The van der Waals surface area contributed by atoms with E-state index in [9.17, 15) is 0 Å². The third-order valence-electron chi connectivity index (χ3n) is 9.71. The van der Waals surface area contributed by atoms with Crippen LogP contribution in [0, 0.1) is 24.3 Å². The van der Waals surface area contributed by atoms with Crippen LogP contribution in [0.25, 0.3) is 4.85 Å². The van der Waals surface area contributed by atoms with Gasteiger partial charge in [0.15, 0.2) is 5.69 Å². The molecule has 0 bridgehead atoms. The minimum Gasteiger partial charge on any atom is -0.371 e. The SMILES string of the molecule is [C-]#[N+]c1ccc(N2CC(CN3CCC(C4(C5CCCC5)CN(C)Cc5ccccc54)CC3)C2)cc1. The van der Waals surface area contributed by atoms with E-state index in [1.807, 2.05) is 12.1 Å². The van der Waals surface area contributed by atoms with Gasteiger partial charge in [-0.3, -0.25) is 0 Å². The Morgan fingerprint density at radius 1 is 0.914 bits per heavy atom. The van der Waals surface area contributed by atoms with Gasteiger partial charge in [0.05, 0.1) is 6.57 Å². The van der Waals surface area contributed by atoms with Crippen LogP contribution in [0.3, 0.4) is 0 Å². The topological polar surface area (TPSA) is 14.1 Å². The summed E-state index contributed by atoms with van der Waals surface area (Å²) in [5.74, 6) is 2.44. The first-order valence-electron chi connectivity index (χ1n) is 13.9. The van der Waals surface area contributed by atoms with E-state index in [0.29, 0.717) is 5.41 Å². The van der Waals surface area contributed by atoms with Crippen LogP contribution in [-0.4, -0.2) is 56.1 Å². The van der Waals surface area contributed by atoms with E-state index < -0.39 is 0 Å². The van der Waals surface area contributed by atoms with Crippen LogP contribution >= 0.6 is 0 Å². The Morgan fingerprint density at radius 2 is 1.60 bits per heavy atom. The molecule has 1 saturated carbocycles. The molecule has 35 heavy (non-hydrogen) atoms. The van der Waals surface area contributed by atoms with Crippen molar-refractivity contribution in [1.29, 1.82) is 0 Å². The third kappa shape index (κ3) is 4.28. The van der Waals surface area contributed by atoms with Crippen molar-refractivity contribution in [2.75, 3.05) is 51.2 Å². The molecule has 0 spiro atoms. The van der Waals surface area contributed by atoms with Gasteiger partial charge in [0.2, 0.25) is 0 Å². The fourth-order valence-corrected chi connectivity index (χ4v) is 8.09. The summed E-state index contributed by atoms with van der Waals surface area (Å²) in [6, 6.07) is 17.6. The molecule has 0 aromatic heterocycles. The molecular weight excluding hydrogens is 428 g/mol. The Kier molecular flexibility index (Phi) is 6.33. The van der Waals surface area contributed by atoms with Crippen LogP contribution in [0.5, 0.6) is 0 Å². The molecule has 4 heteroatoms. The molecule has 1 unspecified atom stereocenters. The number of fused-ring (bicyclic) bond motifs is 1. The molecule has 2 aromatic carbocycles. The van der Waals surface area contributed by atoms with Gasteiger partial charge < -0.3 is 14.7 Å². The van der Waals surface area contributed by atoms with E-state index in [1.165, 1.54) is 70.4 Å². The van der Waals surface area contributed by atoms with Crippen molar-refractivity contribution in [2.24, 2.45) is 17.8 Å². The first kappa shape index (κ1) is 23.1. The second-order valence-corrected chi connectivity index (χ2v) is 11.8. The summed E-state index contributed by atoms with van der Waals surface area (Å²) >= 11 is 0. The fourth-order valence-electron chi connectivity index (χ4n) is 8.09. The second kappa shape index (κ2) is 9.60. The average Bonchev–Trinajstić information content (AvgIpc) is 3.41. The smallest absolute Gasteiger partial charge is 0.187 e. The van der Waals surface area contributed by atoms with E-state index in [-0.39, 0.29) is 0 Å². The zero-order valence-electron chi connectivity index (χ0n) is 21.3. The average molecular weight is 469 g/mol. The summed E-state index contributed by atoms with van der Waals surface area (Å²) in [5.41, 5.74) is 5.66. The van der Waals surface area contributed by atoms with Crippen LogP contribution in [0.1, 0.15) is 49.7 Å². The Hall–Kier alpha value is -2.35. The fraction of sp³-hybridized carbons (Fsp3) is 0.581. The van der Waals surface area contributed by atoms with E-state index >= 15 is 0 Å². The minimum absolute atomic E-state index is 0.358. The van der Waals surface area contributed by atoms with Gasteiger partial charge in [-0.15, -0.1) is 0 Å². The summed E-state index contributed by atoms with van der Waals surface area (Å²) in [7, 11) is 2.35. The highest BCUT2D eigenvalue weighted by Crippen LogP contribution is 2.53. The monoisotopic (exact) mass is 468 g/mol. The largest absolute Gasteiger partial charge is 0.371 e. The zero-order chi connectivity index (χ0) is 23.8. The number of nitrogens with zero attached hydrogens (tertiary/aromatic N) is 4. The van der Waals surface area contributed by atoms with Gasteiger partial charge in [-0.05, 0) is 80.9 Å². The van der Waals surface area contributed by atoms with Crippen LogP contribution in [0.4, 0.5) is 11.4 Å². The highest BCUT2D eigenvalue weighted by Gasteiger charge is 2.51.